The zero-order chi connectivity index (χ0) is 11.4. The van der Waals surface area contributed by atoms with Crippen LogP contribution in [0.25, 0.3) is 0 Å². The first-order valence-corrected chi connectivity index (χ1v) is 5.53. The van der Waals surface area contributed by atoms with Gasteiger partial charge in [-0.2, -0.15) is 0 Å². The van der Waals surface area contributed by atoms with E-state index in [1.165, 1.54) is 6.07 Å². The maximum atomic E-state index is 13.2. The van der Waals surface area contributed by atoms with E-state index in [-0.39, 0.29) is 5.38 Å². The number of rotatable bonds is 4. The lowest BCUT2D eigenvalue weighted by Gasteiger charge is -2.13. The fourth-order valence-electron chi connectivity index (χ4n) is 1.37. The van der Waals surface area contributed by atoms with E-state index in [9.17, 15) is 8.78 Å². The normalized spacial score (nSPS) is 13.2. The van der Waals surface area contributed by atoms with E-state index in [1.54, 1.807) is 6.07 Å². The topological polar surface area (TPSA) is 0 Å². The largest absolute Gasteiger partial charge is 0.204 e. The van der Waals surface area contributed by atoms with Crippen LogP contribution in [0.5, 0.6) is 0 Å². The smallest absolute Gasteiger partial charge is 0.162 e. The van der Waals surface area contributed by atoms with Crippen LogP contribution < -0.4 is 0 Å². The number of alkyl halides is 1. The van der Waals surface area contributed by atoms with E-state index in [4.69, 9.17) is 11.6 Å². The SMILES string of the molecule is CC(C)C(Cl)CCc1cccc(F)c1F. The standard InChI is InChI=1S/C12H15ClF2/c1-8(2)10(13)7-6-9-4-3-5-11(14)12(9)15/h3-5,8,10H,6-7H2,1-2H3. The zero-order valence-corrected chi connectivity index (χ0v) is 9.69. The molecule has 0 bridgehead atoms. The van der Waals surface area contributed by atoms with Crippen molar-refractivity contribution in [1.82, 2.24) is 0 Å². The number of aryl methyl sites for hydroxylation is 1. The fraction of sp³-hybridized carbons (Fsp3) is 0.500. The lowest BCUT2D eigenvalue weighted by molar-refractivity contribution is 0.491. The molecule has 1 aromatic rings. The Morgan fingerprint density at radius 3 is 2.53 bits per heavy atom. The second-order valence-electron chi connectivity index (χ2n) is 4.01. The predicted molar refractivity (Wildman–Crippen MR) is 59.2 cm³/mol. The Bertz CT molecular complexity index is 323. The molecule has 1 rings (SSSR count). The summed E-state index contributed by atoms with van der Waals surface area (Å²) < 4.78 is 26.1. The van der Waals surface area contributed by atoms with Gasteiger partial charge in [0.2, 0.25) is 0 Å². The Balaban J connectivity index is 2.62. The summed E-state index contributed by atoms with van der Waals surface area (Å²) in [4.78, 5) is 0. The Morgan fingerprint density at radius 1 is 1.27 bits per heavy atom. The highest BCUT2D eigenvalue weighted by molar-refractivity contribution is 6.20. The lowest BCUT2D eigenvalue weighted by Crippen LogP contribution is -2.09. The molecule has 1 aromatic carbocycles. The molecule has 1 unspecified atom stereocenters. The molecule has 0 N–H and O–H groups in total. The lowest BCUT2D eigenvalue weighted by atomic mass is 10.0. The second kappa shape index (κ2) is 5.45. The molecule has 0 saturated heterocycles. The first kappa shape index (κ1) is 12.4. The molecule has 0 nitrogen and oxygen atoms in total. The monoisotopic (exact) mass is 232 g/mol. The molecule has 0 saturated carbocycles. The molecular weight excluding hydrogens is 218 g/mol. The molecule has 0 fully saturated rings. The Morgan fingerprint density at radius 2 is 1.93 bits per heavy atom. The van der Waals surface area contributed by atoms with Crippen LogP contribution in [0.1, 0.15) is 25.8 Å². The van der Waals surface area contributed by atoms with Crippen LogP contribution in [-0.2, 0) is 6.42 Å². The van der Waals surface area contributed by atoms with Gasteiger partial charge in [0.25, 0.3) is 0 Å². The molecule has 0 amide bonds. The van der Waals surface area contributed by atoms with Crippen molar-refractivity contribution >= 4 is 11.6 Å². The van der Waals surface area contributed by atoms with Gasteiger partial charge in [-0.3, -0.25) is 0 Å². The van der Waals surface area contributed by atoms with Gasteiger partial charge in [0.05, 0.1) is 0 Å². The predicted octanol–water partition coefficient (Wildman–Crippen LogP) is 4.16. The van der Waals surface area contributed by atoms with Gasteiger partial charge in [-0.1, -0.05) is 26.0 Å². The van der Waals surface area contributed by atoms with E-state index >= 15 is 0 Å². The van der Waals surface area contributed by atoms with Crippen LogP contribution in [0, 0.1) is 17.6 Å². The van der Waals surface area contributed by atoms with Gasteiger partial charge in [-0.15, -0.1) is 11.6 Å². The van der Waals surface area contributed by atoms with Crippen LogP contribution >= 0.6 is 11.6 Å². The summed E-state index contributed by atoms with van der Waals surface area (Å²) in [6, 6.07) is 4.24. The number of benzene rings is 1. The molecule has 0 aliphatic carbocycles. The highest BCUT2D eigenvalue weighted by Gasteiger charge is 2.12. The van der Waals surface area contributed by atoms with Gasteiger partial charge >= 0.3 is 0 Å². The molecular formula is C12H15ClF2. The molecule has 0 heterocycles. The summed E-state index contributed by atoms with van der Waals surface area (Å²) in [5.41, 5.74) is 0.404. The first-order chi connectivity index (χ1) is 7.02. The Labute approximate surface area is 94.3 Å². The zero-order valence-electron chi connectivity index (χ0n) is 8.93. The van der Waals surface area contributed by atoms with Crippen LogP contribution in [0.15, 0.2) is 18.2 Å². The van der Waals surface area contributed by atoms with Crippen LogP contribution in [0.3, 0.4) is 0 Å². The molecule has 0 aliphatic heterocycles. The van der Waals surface area contributed by atoms with Crippen LogP contribution in [0.2, 0.25) is 0 Å². The van der Waals surface area contributed by atoms with Crippen molar-refractivity contribution in [2.45, 2.75) is 32.1 Å². The van der Waals surface area contributed by atoms with Gasteiger partial charge in [-0.25, -0.2) is 8.78 Å². The molecule has 3 heteroatoms. The maximum absolute atomic E-state index is 13.2. The van der Waals surface area contributed by atoms with Crippen LogP contribution in [-0.4, -0.2) is 5.38 Å². The highest BCUT2D eigenvalue weighted by atomic mass is 35.5. The number of hydrogen-bond donors (Lipinski definition) is 0. The summed E-state index contributed by atoms with van der Waals surface area (Å²) >= 11 is 6.04. The minimum absolute atomic E-state index is 0.00710. The highest BCUT2D eigenvalue weighted by Crippen LogP contribution is 2.19. The van der Waals surface area contributed by atoms with E-state index < -0.39 is 11.6 Å². The van der Waals surface area contributed by atoms with Gasteiger partial charge in [0.1, 0.15) is 0 Å². The summed E-state index contributed by atoms with van der Waals surface area (Å²) in [6.07, 6.45) is 1.15. The summed E-state index contributed by atoms with van der Waals surface area (Å²) in [6.45, 7) is 4.03. The van der Waals surface area contributed by atoms with Crippen molar-refractivity contribution in [3.05, 3.63) is 35.4 Å². The molecule has 0 radical (unpaired) electrons. The van der Waals surface area contributed by atoms with E-state index in [1.807, 2.05) is 13.8 Å². The molecule has 0 aliphatic rings. The fourth-order valence-corrected chi connectivity index (χ4v) is 1.48. The van der Waals surface area contributed by atoms with Crippen LogP contribution in [0.4, 0.5) is 8.78 Å². The van der Waals surface area contributed by atoms with Crippen molar-refractivity contribution in [3.63, 3.8) is 0 Å². The van der Waals surface area contributed by atoms with Crippen molar-refractivity contribution in [2.75, 3.05) is 0 Å². The molecule has 84 valence electrons. The van der Waals surface area contributed by atoms with Gasteiger partial charge in [-0.05, 0) is 30.4 Å². The van der Waals surface area contributed by atoms with Crippen molar-refractivity contribution in [1.29, 1.82) is 0 Å². The van der Waals surface area contributed by atoms with E-state index in [0.717, 1.165) is 6.07 Å². The van der Waals surface area contributed by atoms with Crippen molar-refractivity contribution in [2.24, 2.45) is 5.92 Å². The first-order valence-electron chi connectivity index (χ1n) is 5.09. The maximum Gasteiger partial charge on any atom is 0.162 e. The summed E-state index contributed by atoms with van der Waals surface area (Å²) in [7, 11) is 0. The summed E-state index contributed by atoms with van der Waals surface area (Å²) in [5, 5.41) is 0.00710. The Kier molecular flexibility index (Phi) is 4.52. The van der Waals surface area contributed by atoms with Gasteiger partial charge in [0, 0.05) is 5.38 Å². The minimum atomic E-state index is -0.789. The minimum Gasteiger partial charge on any atom is -0.204 e. The van der Waals surface area contributed by atoms with E-state index in [2.05, 4.69) is 0 Å². The number of hydrogen-bond acceptors (Lipinski definition) is 0. The number of halogens is 3. The Hall–Kier alpha value is -0.630. The van der Waals surface area contributed by atoms with Gasteiger partial charge in [0.15, 0.2) is 11.6 Å². The molecule has 0 aromatic heterocycles. The molecule has 1 atom stereocenters. The van der Waals surface area contributed by atoms with Gasteiger partial charge < -0.3 is 0 Å². The third-order valence-electron chi connectivity index (χ3n) is 2.44. The summed E-state index contributed by atoms with van der Waals surface area (Å²) in [5.74, 6) is -1.18. The third-order valence-corrected chi connectivity index (χ3v) is 3.17. The average Bonchev–Trinajstić information content (AvgIpc) is 2.19. The van der Waals surface area contributed by atoms with Crippen molar-refractivity contribution < 1.29 is 8.78 Å². The van der Waals surface area contributed by atoms with Crippen molar-refractivity contribution in [3.8, 4) is 0 Å². The van der Waals surface area contributed by atoms with E-state index in [0.29, 0.717) is 24.3 Å². The quantitative estimate of drug-likeness (QED) is 0.684. The molecule has 15 heavy (non-hydrogen) atoms. The average molecular weight is 233 g/mol. The third kappa shape index (κ3) is 3.45. The molecule has 0 spiro atoms. The second-order valence-corrected chi connectivity index (χ2v) is 4.57.